The van der Waals surface area contributed by atoms with E-state index in [0.29, 0.717) is 18.1 Å². The Labute approximate surface area is 185 Å². The van der Waals surface area contributed by atoms with Gasteiger partial charge in [-0.2, -0.15) is 8.78 Å². The van der Waals surface area contributed by atoms with E-state index in [4.69, 9.17) is 0 Å². The fourth-order valence-electron chi connectivity index (χ4n) is 2.47. The fraction of sp³-hybridized carbons (Fsp3) is 0.235. The first-order valence-corrected chi connectivity index (χ1v) is 8.82. The maximum atomic E-state index is 12.6. The van der Waals surface area contributed by atoms with Crippen LogP contribution in [0.25, 0.3) is 5.65 Å². The third-order valence-corrected chi connectivity index (χ3v) is 4.20. The van der Waals surface area contributed by atoms with E-state index in [-0.39, 0.29) is 36.3 Å². The summed E-state index contributed by atoms with van der Waals surface area (Å²) in [6, 6.07) is 10.5. The lowest BCUT2D eigenvalue weighted by molar-refractivity contribution is -0.0504. The second-order valence-electron chi connectivity index (χ2n) is 5.45. The highest BCUT2D eigenvalue weighted by atomic mass is 127. The van der Waals surface area contributed by atoms with Crippen LogP contribution in [0, 0.1) is 0 Å². The number of benzene rings is 1. The molecule has 28 heavy (non-hydrogen) atoms. The molecule has 3 aromatic rings. The van der Waals surface area contributed by atoms with Gasteiger partial charge in [-0.3, -0.25) is 9.39 Å². The van der Waals surface area contributed by atoms with Crippen LogP contribution in [0.1, 0.15) is 11.4 Å². The van der Waals surface area contributed by atoms with Gasteiger partial charge < -0.3 is 15.4 Å². The number of hydrogen-bond donors (Lipinski definition) is 2. The lowest BCUT2D eigenvalue weighted by atomic mass is 10.2. The average Bonchev–Trinajstić information content (AvgIpc) is 3.07. The van der Waals surface area contributed by atoms with Crippen LogP contribution >= 0.6 is 39.9 Å². The van der Waals surface area contributed by atoms with Crippen LogP contribution in [0.2, 0.25) is 0 Å². The second kappa shape index (κ2) is 10.5. The number of aromatic nitrogens is 3. The standard InChI is InChI=1S/C17H17BrF2N6O.HI/c1-21-17(23-10-15-25-24-14-4-2-3-7-26(14)15)22-9-11-8-12(18)5-6-13(11)27-16(19)20;/h2-8,16H,9-10H2,1H3,(H2,21,22,23);1H. The van der Waals surface area contributed by atoms with Crippen molar-refractivity contribution in [1.82, 2.24) is 25.2 Å². The number of aliphatic imine (C=N–C) groups is 1. The van der Waals surface area contributed by atoms with Crippen molar-refractivity contribution in [2.45, 2.75) is 19.7 Å². The number of guanidine groups is 1. The maximum absolute atomic E-state index is 12.6. The van der Waals surface area contributed by atoms with Crippen molar-refractivity contribution in [3.05, 3.63) is 58.5 Å². The molecule has 3 rings (SSSR count). The van der Waals surface area contributed by atoms with Crippen LogP contribution in [0.4, 0.5) is 8.78 Å². The number of fused-ring (bicyclic) bond motifs is 1. The highest BCUT2D eigenvalue weighted by Crippen LogP contribution is 2.24. The molecule has 0 aliphatic carbocycles. The van der Waals surface area contributed by atoms with Gasteiger partial charge in [0, 0.05) is 29.8 Å². The molecule has 0 amide bonds. The van der Waals surface area contributed by atoms with Crippen LogP contribution in [0.3, 0.4) is 0 Å². The highest BCUT2D eigenvalue weighted by Gasteiger charge is 2.11. The first kappa shape index (κ1) is 22.3. The van der Waals surface area contributed by atoms with Crippen LogP contribution < -0.4 is 15.4 Å². The molecule has 0 atom stereocenters. The number of nitrogens with one attached hydrogen (secondary N) is 2. The molecule has 0 bridgehead atoms. The third kappa shape index (κ3) is 5.74. The molecule has 2 aromatic heterocycles. The molecule has 0 aliphatic heterocycles. The highest BCUT2D eigenvalue weighted by molar-refractivity contribution is 14.0. The Balaban J connectivity index is 0.00000280. The van der Waals surface area contributed by atoms with E-state index >= 15 is 0 Å². The zero-order valence-corrected chi connectivity index (χ0v) is 18.7. The molecule has 2 heterocycles. The van der Waals surface area contributed by atoms with Gasteiger partial charge in [-0.15, -0.1) is 34.2 Å². The molecular formula is C17H18BrF2IN6O. The number of pyridine rings is 1. The van der Waals surface area contributed by atoms with E-state index in [2.05, 4.69) is 46.5 Å². The van der Waals surface area contributed by atoms with E-state index < -0.39 is 6.61 Å². The molecule has 2 N–H and O–H groups in total. The Bertz CT molecular complexity index is 952. The molecule has 150 valence electrons. The molecule has 11 heteroatoms. The van der Waals surface area contributed by atoms with Gasteiger partial charge in [0.25, 0.3) is 0 Å². The first-order valence-electron chi connectivity index (χ1n) is 8.03. The summed E-state index contributed by atoms with van der Waals surface area (Å²) < 4.78 is 32.3. The van der Waals surface area contributed by atoms with Crippen LogP contribution in [0.5, 0.6) is 5.75 Å². The summed E-state index contributed by atoms with van der Waals surface area (Å²) in [5.41, 5.74) is 1.32. The number of halogens is 4. The van der Waals surface area contributed by atoms with Gasteiger partial charge >= 0.3 is 6.61 Å². The van der Waals surface area contributed by atoms with Crippen molar-refractivity contribution < 1.29 is 13.5 Å². The number of alkyl halides is 2. The quantitative estimate of drug-likeness (QED) is 0.271. The molecule has 0 unspecified atom stereocenters. The minimum absolute atomic E-state index is 0. The van der Waals surface area contributed by atoms with Crippen molar-refractivity contribution in [2.24, 2.45) is 4.99 Å². The van der Waals surface area contributed by atoms with E-state index in [1.54, 1.807) is 19.2 Å². The summed E-state index contributed by atoms with van der Waals surface area (Å²) in [6.07, 6.45) is 1.87. The largest absolute Gasteiger partial charge is 0.434 e. The van der Waals surface area contributed by atoms with Crippen LogP contribution in [-0.2, 0) is 13.1 Å². The van der Waals surface area contributed by atoms with Gasteiger partial charge in [-0.05, 0) is 30.3 Å². The van der Waals surface area contributed by atoms with E-state index in [1.165, 1.54) is 6.07 Å². The fourth-order valence-corrected chi connectivity index (χ4v) is 2.88. The van der Waals surface area contributed by atoms with Crippen molar-refractivity contribution in [2.75, 3.05) is 7.05 Å². The molecule has 0 saturated heterocycles. The maximum Gasteiger partial charge on any atom is 0.387 e. The number of hydrogen-bond acceptors (Lipinski definition) is 4. The predicted molar refractivity (Wildman–Crippen MR) is 116 cm³/mol. The summed E-state index contributed by atoms with van der Waals surface area (Å²) >= 11 is 3.33. The van der Waals surface area contributed by atoms with Gasteiger partial charge in [0.1, 0.15) is 5.75 Å². The molecule has 0 saturated carbocycles. The summed E-state index contributed by atoms with van der Waals surface area (Å²) in [4.78, 5) is 4.13. The Morgan fingerprint density at radius 2 is 2.00 bits per heavy atom. The minimum atomic E-state index is -2.89. The number of rotatable bonds is 6. The first-order chi connectivity index (χ1) is 13.1. The molecule has 0 radical (unpaired) electrons. The average molecular weight is 567 g/mol. The van der Waals surface area contributed by atoms with E-state index in [0.717, 1.165) is 15.9 Å². The molecular weight excluding hydrogens is 549 g/mol. The number of nitrogens with zero attached hydrogens (tertiary/aromatic N) is 4. The normalized spacial score (nSPS) is 11.4. The lowest BCUT2D eigenvalue weighted by Crippen LogP contribution is -2.36. The molecule has 7 nitrogen and oxygen atoms in total. The number of ether oxygens (including phenoxy) is 1. The minimum Gasteiger partial charge on any atom is -0.434 e. The van der Waals surface area contributed by atoms with Gasteiger partial charge in [-0.25, -0.2) is 0 Å². The molecule has 0 aliphatic rings. The SMILES string of the molecule is CN=C(NCc1cc(Br)ccc1OC(F)F)NCc1nnc2ccccn12.I. The zero-order chi connectivity index (χ0) is 19.2. The molecule has 0 spiro atoms. The topological polar surface area (TPSA) is 75.8 Å². The van der Waals surface area contributed by atoms with Gasteiger partial charge in [0.2, 0.25) is 0 Å². The van der Waals surface area contributed by atoms with Crippen molar-refractivity contribution in [3.63, 3.8) is 0 Å². The van der Waals surface area contributed by atoms with Crippen LogP contribution in [0.15, 0.2) is 52.1 Å². The van der Waals surface area contributed by atoms with E-state index in [1.807, 2.05) is 28.8 Å². The summed E-state index contributed by atoms with van der Waals surface area (Å²) in [5.74, 6) is 1.32. The van der Waals surface area contributed by atoms with Gasteiger partial charge in [0.15, 0.2) is 17.4 Å². The Morgan fingerprint density at radius 3 is 2.75 bits per heavy atom. The van der Waals surface area contributed by atoms with E-state index in [9.17, 15) is 8.78 Å². The lowest BCUT2D eigenvalue weighted by Gasteiger charge is -2.14. The zero-order valence-electron chi connectivity index (χ0n) is 14.8. The Hall–Kier alpha value is -2.02. The van der Waals surface area contributed by atoms with Crippen molar-refractivity contribution >= 4 is 51.5 Å². The summed E-state index contributed by atoms with van der Waals surface area (Å²) in [6.45, 7) is -2.24. The van der Waals surface area contributed by atoms with Crippen molar-refractivity contribution in [3.8, 4) is 5.75 Å². The van der Waals surface area contributed by atoms with Gasteiger partial charge in [0.05, 0.1) is 6.54 Å². The van der Waals surface area contributed by atoms with Gasteiger partial charge in [-0.1, -0.05) is 22.0 Å². The van der Waals surface area contributed by atoms with Crippen molar-refractivity contribution in [1.29, 1.82) is 0 Å². The monoisotopic (exact) mass is 566 g/mol. The predicted octanol–water partition coefficient (Wildman–Crippen LogP) is 3.58. The second-order valence-corrected chi connectivity index (χ2v) is 6.37. The third-order valence-electron chi connectivity index (χ3n) is 3.71. The Kier molecular flexibility index (Phi) is 8.35. The summed E-state index contributed by atoms with van der Waals surface area (Å²) in [7, 11) is 1.62. The smallest absolute Gasteiger partial charge is 0.387 e. The van der Waals surface area contributed by atoms with Crippen LogP contribution in [-0.4, -0.2) is 34.2 Å². The molecule has 0 fully saturated rings. The Morgan fingerprint density at radius 1 is 1.21 bits per heavy atom. The molecule has 1 aromatic carbocycles. The summed E-state index contributed by atoms with van der Waals surface area (Å²) in [5, 5.41) is 14.4.